The van der Waals surface area contributed by atoms with E-state index in [1.165, 1.54) is 23.5 Å². The number of nitrogens with one attached hydrogen (secondary N) is 1. The first-order chi connectivity index (χ1) is 16.8. The van der Waals surface area contributed by atoms with Crippen molar-refractivity contribution in [3.05, 3.63) is 101 Å². The van der Waals surface area contributed by atoms with Gasteiger partial charge in [0, 0.05) is 23.7 Å². The van der Waals surface area contributed by atoms with E-state index in [-0.39, 0.29) is 17.4 Å². The number of rotatable bonds is 6. The topological polar surface area (TPSA) is 72.2 Å². The summed E-state index contributed by atoms with van der Waals surface area (Å²) >= 11 is 1.25. The van der Waals surface area contributed by atoms with Gasteiger partial charge in [-0.1, -0.05) is 61.6 Å². The van der Waals surface area contributed by atoms with Gasteiger partial charge in [-0.2, -0.15) is 0 Å². The maximum atomic E-state index is 14.4. The van der Waals surface area contributed by atoms with Crippen LogP contribution in [0.4, 0.5) is 13.9 Å². The summed E-state index contributed by atoms with van der Waals surface area (Å²) in [6.07, 6.45) is 3.48. The van der Waals surface area contributed by atoms with E-state index >= 15 is 0 Å². The summed E-state index contributed by atoms with van der Waals surface area (Å²) in [6, 6.07) is 17.0. The van der Waals surface area contributed by atoms with Gasteiger partial charge in [-0.3, -0.25) is 4.79 Å². The zero-order chi connectivity index (χ0) is 24.6. The van der Waals surface area contributed by atoms with Crippen LogP contribution in [0.3, 0.4) is 0 Å². The molecule has 2 aromatic carbocycles. The lowest BCUT2D eigenvalue weighted by Crippen LogP contribution is -2.37. The Kier molecular flexibility index (Phi) is 5.86. The first kappa shape index (κ1) is 22.8. The Labute approximate surface area is 204 Å². The molecule has 1 unspecified atom stereocenters. The van der Waals surface area contributed by atoms with Gasteiger partial charge in [0.05, 0.1) is 23.0 Å². The minimum Gasteiger partial charge on any atom is -0.305 e. The van der Waals surface area contributed by atoms with Crippen LogP contribution in [0.15, 0.2) is 78.7 Å². The Morgan fingerprint density at radius 1 is 1.06 bits per heavy atom. The van der Waals surface area contributed by atoms with Crippen LogP contribution in [0, 0.1) is 17.0 Å². The SMILES string of the molecule is CC(C)(C(=O)Nc1nncs1)C(c1ccccc1)c1ccc2c(-c3ccc(F)cc3F)ncn2c1. The molecule has 0 saturated heterocycles. The molecule has 0 aliphatic heterocycles. The van der Waals surface area contributed by atoms with Gasteiger partial charge in [0.15, 0.2) is 0 Å². The lowest BCUT2D eigenvalue weighted by atomic mass is 9.71. The largest absolute Gasteiger partial charge is 0.305 e. The molecule has 0 radical (unpaired) electrons. The maximum Gasteiger partial charge on any atom is 0.232 e. The van der Waals surface area contributed by atoms with E-state index in [1.54, 1.807) is 16.2 Å². The number of aromatic nitrogens is 4. The Hall–Kier alpha value is -3.98. The second-order valence-electron chi connectivity index (χ2n) is 8.74. The number of benzene rings is 2. The number of pyridine rings is 1. The van der Waals surface area contributed by atoms with Crippen molar-refractivity contribution in [1.29, 1.82) is 0 Å². The lowest BCUT2D eigenvalue weighted by molar-refractivity contribution is -0.124. The number of fused-ring (bicyclic) bond motifs is 1. The highest BCUT2D eigenvalue weighted by Crippen LogP contribution is 2.42. The highest BCUT2D eigenvalue weighted by atomic mass is 32.1. The number of anilines is 1. The maximum absolute atomic E-state index is 14.4. The Morgan fingerprint density at radius 3 is 2.57 bits per heavy atom. The first-order valence-corrected chi connectivity index (χ1v) is 11.8. The molecule has 0 saturated carbocycles. The molecule has 5 aromatic rings. The van der Waals surface area contributed by atoms with Crippen molar-refractivity contribution in [2.75, 3.05) is 5.32 Å². The highest BCUT2D eigenvalue weighted by Gasteiger charge is 2.39. The number of carbonyl (C=O) groups is 1. The van der Waals surface area contributed by atoms with Gasteiger partial charge in [-0.25, -0.2) is 13.8 Å². The van der Waals surface area contributed by atoms with E-state index in [0.29, 0.717) is 16.3 Å². The molecule has 1 N–H and O–H groups in total. The second-order valence-corrected chi connectivity index (χ2v) is 9.57. The van der Waals surface area contributed by atoms with E-state index in [9.17, 15) is 13.6 Å². The van der Waals surface area contributed by atoms with E-state index in [4.69, 9.17) is 0 Å². The minimum absolute atomic E-state index is 0.192. The molecule has 176 valence electrons. The van der Waals surface area contributed by atoms with Crippen LogP contribution in [0.1, 0.15) is 30.9 Å². The molecule has 1 amide bonds. The van der Waals surface area contributed by atoms with Gasteiger partial charge >= 0.3 is 0 Å². The molecular formula is C26H21F2N5OS. The third kappa shape index (κ3) is 4.30. The molecule has 1 atom stereocenters. The molecule has 0 fully saturated rings. The van der Waals surface area contributed by atoms with Crippen molar-refractivity contribution in [2.24, 2.45) is 5.41 Å². The average molecular weight is 490 g/mol. The Morgan fingerprint density at radius 2 is 1.86 bits per heavy atom. The highest BCUT2D eigenvalue weighted by molar-refractivity contribution is 7.13. The predicted octanol–water partition coefficient (Wildman–Crippen LogP) is 5.93. The van der Waals surface area contributed by atoms with E-state index < -0.39 is 17.0 Å². The summed E-state index contributed by atoms with van der Waals surface area (Å²) in [7, 11) is 0. The standard InChI is InChI=1S/C26H21F2N5OS/c1-26(2,24(34)31-25-32-30-15-35-25)22(16-6-4-3-5-7-16)17-8-11-21-23(29-14-33(21)13-17)19-10-9-18(27)12-20(19)28/h3-15,22H,1-2H3,(H,31,32,34). The van der Waals surface area contributed by atoms with Gasteiger partial charge in [-0.15, -0.1) is 10.2 Å². The molecule has 0 spiro atoms. The number of nitrogens with zero attached hydrogens (tertiary/aromatic N) is 4. The summed E-state index contributed by atoms with van der Waals surface area (Å²) in [5, 5.41) is 11.0. The fourth-order valence-corrected chi connectivity index (χ4v) is 4.81. The summed E-state index contributed by atoms with van der Waals surface area (Å²) in [5.74, 6) is -1.82. The number of imidazole rings is 1. The van der Waals surface area contributed by atoms with Gasteiger partial charge in [0.2, 0.25) is 11.0 Å². The van der Waals surface area contributed by atoms with Crippen molar-refractivity contribution >= 4 is 27.9 Å². The van der Waals surface area contributed by atoms with E-state index in [0.717, 1.165) is 17.2 Å². The van der Waals surface area contributed by atoms with Crippen LogP contribution < -0.4 is 5.32 Å². The van der Waals surface area contributed by atoms with E-state index in [1.807, 2.05) is 62.5 Å². The summed E-state index contributed by atoms with van der Waals surface area (Å²) in [4.78, 5) is 17.8. The molecule has 35 heavy (non-hydrogen) atoms. The van der Waals surface area contributed by atoms with Gasteiger partial charge < -0.3 is 9.72 Å². The van der Waals surface area contributed by atoms with E-state index in [2.05, 4.69) is 20.5 Å². The molecule has 0 bridgehead atoms. The van der Waals surface area contributed by atoms with Crippen molar-refractivity contribution in [1.82, 2.24) is 19.6 Å². The molecule has 3 heterocycles. The van der Waals surface area contributed by atoms with Crippen molar-refractivity contribution < 1.29 is 13.6 Å². The van der Waals surface area contributed by atoms with Gasteiger partial charge in [-0.05, 0) is 29.3 Å². The summed E-state index contributed by atoms with van der Waals surface area (Å²) < 4.78 is 29.6. The zero-order valence-electron chi connectivity index (χ0n) is 18.9. The fourth-order valence-electron chi connectivity index (χ4n) is 4.37. The minimum atomic E-state index is -0.868. The zero-order valence-corrected chi connectivity index (χ0v) is 19.8. The number of halogens is 2. The van der Waals surface area contributed by atoms with Crippen LogP contribution in [-0.4, -0.2) is 25.5 Å². The van der Waals surface area contributed by atoms with Crippen LogP contribution >= 0.6 is 11.3 Å². The Bertz CT molecular complexity index is 1500. The molecule has 6 nitrogen and oxygen atoms in total. The molecular weight excluding hydrogens is 468 g/mol. The summed E-state index contributed by atoms with van der Waals surface area (Å²) in [5.41, 5.74) is 3.84. The molecule has 0 aliphatic rings. The van der Waals surface area contributed by atoms with Crippen LogP contribution in [0.25, 0.3) is 16.8 Å². The lowest BCUT2D eigenvalue weighted by Gasteiger charge is -2.33. The van der Waals surface area contributed by atoms with Gasteiger partial charge in [0.25, 0.3) is 0 Å². The van der Waals surface area contributed by atoms with Crippen LogP contribution in [0.5, 0.6) is 0 Å². The average Bonchev–Trinajstić information content (AvgIpc) is 3.50. The number of carbonyl (C=O) groups excluding carboxylic acids is 1. The third-order valence-electron chi connectivity index (χ3n) is 6.09. The molecule has 9 heteroatoms. The third-order valence-corrected chi connectivity index (χ3v) is 6.70. The quantitative estimate of drug-likeness (QED) is 0.321. The molecule has 5 rings (SSSR count). The monoisotopic (exact) mass is 489 g/mol. The second kappa shape index (κ2) is 8.99. The smallest absolute Gasteiger partial charge is 0.232 e. The van der Waals surface area contributed by atoms with Crippen molar-refractivity contribution in [2.45, 2.75) is 19.8 Å². The van der Waals surface area contributed by atoms with Crippen molar-refractivity contribution in [3.8, 4) is 11.3 Å². The fraction of sp³-hybridized carbons (Fsp3) is 0.154. The Balaban J connectivity index is 1.58. The van der Waals surface area contributed by atoms with Crippen LogP contribution in [-0.2, 0) is 4.79 Å². The number of hydrogen-bond acceptors (Lipinski definition) is 5. The first-order valence-electron chi connectivity index (χ1n) is 10.9. The predicted molar refractivity (Wildman–Crippen MR) is 131 cm³/mol. The molecule has 0 aliphatic carbocycles. The van der Waals surface area contributed by atoms with Gasteiger partial charge in [0.1, 0.15) is 17.1 Å². The number of hydrogen-bond donors (Lipinski definition) is 1. The molecule has 3 aromatic heterocycles. The van der Waals surface area contributed by atoms with Crippen molar-refractivity contribution in [3.63, 3.8) is 0 Å². The normalized spacial score (nSPS) is 12.6. The number of amides is 1. The van der Waals surface area contributed by atoms with Crippen LogP contribution in [0.2, 0.25) is 0 Å². The summed E-state index contributed by atoms with van der Waals surface area (Å²) in [6.45, 7) is 3.77.